The lowest BCUT2D eigenvalue weighted by atomic mass is 10.2. The first-order valence-electron chi connectivity index (χ1n) is 10.4. The summed E-state index contributed by atoms with van der Waals surface area (Å²) in [4.78, 5) is 13.0. The molecule has 1 saturated carbocycles. The van der Waals surface area contributed by atoms with E-state index in [1.54, 1.807) is 10.7 Å². The summed E-state index contributed by atoms with van der Waals surface area (Å²) in [5.74, 6) is 2.29. The fraction of sp³-hybridized carbons (Fsp3) is 0.318. The number of pyridine rings is 1. The van der Waals surface area contributed by atoms with Gasteiger partial charge in [-0.3, -0.25) is 4.98 Å². The van der Waals surface area contributed by atoms with E-state index in [-0.39, 0.29) is 5.82 Å². The van der Waals surface area contributed by atoms with Crippen molar-refractivity contribution in [2.45, 2.75) is 40.2 Å². The highest BCUT2D eigenvalue weighted by Crippen LogP contribution is 2.35. The molecule has 0 unspecified atom stereocenters. The Kier molecular flexibility index (Phi) is 5.13. The molecule has 164 valence electrons. The average molecular weight is 453 g/mol. The summed E-state index contributed by atoms with van der Waals surface area (Å²) < 4.78 is 17.0. The zero-order valence-electron chi connectivity index (χ0n) is 18.0. The van der Waals surface area contributed by atoms with E-state index in [1.807, 2.05) is 31.5 Å². The van der Waals surface area contributed by atoms with Gasteiger partial charge in [0.15, 0.2) is 5.82 Å². The molecule has 0 amide bonds. The molecule has 1 aliphatic carbocycles. The van der Waals surface area contributed by atoms with Crippen molar-refractivity contribution in [3.8, 4) is 17.2 Å². The van der Waals surface area contributed by atoms with Gasteiger partial charge >= 0.3 is 0 Å². The van der Waals surface area contributed by atoms with Crippen LogP contribution >= 0.6 is 11.6 Å². The van der Waals surface area contributed by atoms with Crippen molar-refractivity contribution in [3.63, 3.8) is 0 Å². The summed E-state index contributed by atoms with van der Waals surface area (Å²) in [6.07, 6.45) is 5.08. The number of halogens is 2. The predicted octanol–water partition coefficient (Wildman–Crippen LogP) is 4.79. The minimum atomic E-state index is -0.375. The van der Waals surface area contributed by atoms with Gasteiger partial charge in [0, 0.05) is 18.2 Å². The first kappa shape index (κ1) is 20.6. The molecule has 0 saturated heterocycles. The Balaban J connectivity index is 1.52. The highest BCUT2D eigenvalue weighted by molar-refractivity contribution is 6.31. The molecular formula is C22H22ClFN8. The average Bonchev–Trinajstić information content (AvgIpc) is 3.51. The van der Waals surface area contributed by atoms with Gasteiger partial charge in [0.1, 0.15) is 29.5 Å². The van der Waals surface area contributed by atoms with E-state index >= 15 is 0 Å². The maximum absolute atomic E-state index is 13.4. The van der Waals surface area contributed by atoms with Gasteiger partial charge in [-0.05, 0) is 51.7 Å². The smallest absolute Gasteiger partial charge is 0.159 e. The van der Waals surface area contributed by atoms with E-state index in [0.717, 1.165) is 29.3 Å². The highest BCUT2D eigenvalue weighted by Gasteiger charge is 2.26. The van der Waals surface area contributed by atoms with E-state index < -0.39 is 0 Å². The van der Waals surface area contributed by atoms with Crippen LogP contribution in [0.1, 0.15) is 29.8 Å². The van der Waals surface area contributed by atoms with E-state index in [9.17, 15) is 4.39 Å². The first-order chi connectivity index (χ1) is 15.4. The molecule has 0 aliphatic heterocycles. The number of nitrogens with one attached hydrogen (secondary N) is 1. The van der Waals surface area contributed by atoms with Crippen LogP contribution in [0.5, 0.6) is 0 Å². The Morgan fingerprint density at radius 1 is 1.12 bits per heavy atom. The van der Waals surface area contributed by atoms with Crippen LogP contribution in [0.25, 0.3) is 17.2 Å². The lowest BCUT2D eigenvalue weighted by Gasteiger charge is -2.11. The fourth-order valence-corrected chi connectivity index (χ4v) is 3.76. The summed E-state index contributed by atoms with van der Waals surface area (Å²) in [6.45, 7) is 6.53. The Morgan fingerprint density at radius 2 is 1.94 bits per heavy atom. The fourth-order valence-electron chi connectivity index (χ4n) is 3.65. The molecule has 0 bridgehead atoms. The van der Waals surface area contributed by atoms with Crippen molar-refractivity contribution >= 4 is 23.2 Å². The van der Waals surface area contributed by atoms with Crippen LogP contribution in [-0.4, -0.2) is 34.5 Å². The summed E-state index contributed by atoms with van der Waals surface area (Å²) in [6, 6.07) is 4.86. The van der Waals surface area contributed by atoms with Crippen LogP contribution in [-0.2, 0) is 6.54 Å². The van der Waals surface area contributed by atoms with Crippen LogP contribution in [0.4, 0.5) is 16.0 Å². The SMILES string of the molecule is Cc1nn(-c2cc(Nc3c(C)c(-c4ccc(F)cn4)nn3CC3CC3)ncn2)c(C)c1Cl. The first-order valence-corrected chi connectivity index (χ1v) is 10.8. The van der Waals surface area contributed by atoms with Crippen molar-refractivity contribution in [1.29, 1.82) is 0 Å². The lowest BCUT2D eigenvalue weighted by Crippen LogP contribution is -2.09. The third-order valence-electron chi connectivity index (χ3n) is 5.61. The normalized spacial score (nSPS) is 13.5. The minimum Gasteiger partial charge on any atom is -0.325 e. The molecule has 0 aromatic carbocycles. The molecule has 5 rings (SSSR count). The molecule has 4 aromatic heterocycles. The van der Waals surface area contributed by atoms with Gasteiger partial charge in [-0.15, -0.1) is 0 Å². The second kappa shape index (κ2) is 7.98. The Labute approximate surface area is 189 Å². The summed E-state index contributed by atoms with van der Waals surface area (Å²) >= 11 is 6.30. The van der Waals surface area contributed by atoms with E-state index in [2.05, 4.69) is 25.4 Å². The lowest BCUT2D eigenvalue weighted by molar-refractivity contribution is 0.570. The van der Waals surface area contributed by atoms with Gasteiger partial charge in [0.2, 0.25) is 0 Å². The predicted molar refractivity (Wildman–Crippen MR) is 120 cm³/mol. The zero-order chi connectivity index (χ0) is 22.4. The van der Waals surface area contributed by atoms with Gasteiger partial charge in [-0.25, -0.2) is 23.7 Å². The number of anilines is 2. The second-order valence-corrected chi connectivity index (χ2v) is 8.47. The maximum Gasteiger partial charge on any atom is 0.159 e. The molecule has 4 aromatic rings. The molecule has 0 radical (unpaired) electrons. The number of aromatic nitrogens is 7. The molecule has 0 spiro atoms. The highest BCUT2D eigenvalue weighted by atomic mass is 35.5. The third-order valence-corrected chi connectivity index (χ3v) is 6.15. The topological polar surface area (TPSA) is 86.3 Å². The van der Waals surface area contributed by atoms with Gasteiger partial charge < -0.3 is 5.32 Å². The molecule has 0 atom stereocenters. The number of rotatable bonds is 6. The molecule has 1 N–H and O–H groups in total. The largest absolute Gasteiger partial charge is 0.325 e. The standard InChI is InChI=1S/C22H22ClFN8/c1-12-21(17-7-6-16(24)9-25-17)30-31(10-15-4-5-15)22(12)28-18-8-19(27-11-26-18)32-14(3)20(23)13(2)29-32/h6-9,11,15H,4-5,10H2,1-3H3,(H,26,27,28). The second-order valence-electron chi connectivity index (χ2n) is 8.09. The summed E-state index contributed by atoms with van der Waals surface area (Å²) in [5.41, 5.74) is 3.81. The van der Waals surface area contributed by atoms with Crippen LogP contribution in [0.15, 0.2) is 30.7 Å². The quantitative estimate of drug-likeness (QED) is 0.452. The minimum absolute atomic E-state index is 0.375. The van der Waals surface area contributed by atoms with Gasteiger partial charge in [0.05, 0.1) is 28.3 Å². The summed E-state index contributed by atoms with van der Waals surface area (Å²) in [7, 11) is 0. The summed E-state index contributed by atoms with van der Waals surface area (Å²) in [5, 5.41) is 13.3. The Bertz CT molecular complexity index is 1290. The molecule has 8 nitrogen and oxygen atoms in total. The number of nitrogens with zero attached hydrogens (tertiary/aromatic N) is 7. The van der Waals surface area contributed by atoms with Gasteiger partial charge in [-0.2, -0.15) is 10.2 Å². The van der Waals surface area contributed by atoms with Crippen molar-refractivity contribution in [2.75, 3.05) is 5.32 Å². The molecule has 1 fully saturated rings. The van der Waals surface area contributed by atoms with E-state index in [1.165, 1.54) is 31.4 Å². The van der Waals surface area contributed by atoms with Gasteiger partial charge in [0.25, 0.3) is 0 Å². The molecule has 4 heterocycles. The maximum atomic E-state index is 13.4. The van der Waals surface area contributed by atoms with Crippen molar-refractivity contribution < 1.29 is 4.39 Å². The molecule has 1 aliphatic rings. The molecule has 32 heavy (non-hydrogen) atoms. The van der Waals surface area contributed by atoms with Crippen LogP contribution in [0, 0.1) is 32.5 Å². The third kappa shape index (κ3) is 3.84. The number of aryl methyl sites for hydroxylation is 1. The van der Waals surface area contributed by atoms with Gasteiger partial charge in [-0.1, -0.05) is 11.6 Å². The number of hydrogen-bond acceptors (Lipinski definition) is 6. The van der Waals surface area contributed by atoms with Crippen molar-refractivity contribution in [1.82, 2.24) is 34.5 Å². The Morgan fingerprint density at radius 3 is 2.59 bits per heavy atom. The van der Waals surface area contributed by atoms with E-state index in [4.69, 9.17) is 16.7 Å². The molecule has 10 heteroatoms. The monoisotopic (exact) mass is 452 g/mol. The zero-order valence-corrected chi connectivity index (χ0v) is 18.7. The van der Waals surface area contributed by atoms with E-state index in [0.29, 0.717) is 34.0 Å². The van der Waals surface area contributed by atoms with Crippen molar-refractivity contribution in [2.24, 2.45) is 5.92 Å². The molecular weight excluding hydrogens is 431 g/mol. The van der Waals surface area contributed by atoms with Crippen LogP contribution in [0.2, 0.25) is 5.02 Å². The van der Waals surface area contributed by atoms with Crippen LogP contribution < -0.4 is 5.32 Å². The van der Waals surface area contributed by atoms with Crippen molar-refractivity contribution in [3.05, 3.63) is 58.5 Å². The Hall–Kier alpha value is -3.33. The van der Waals surface area contributed by atoms with Crippen LogP contribution in [0.3, 0.4) is 0 Å². The number of hydrogen-bond donors (Lipinski definition) is 1.